The maximum absolute atomic E-state index is 6.21. The van der Waals surface area contributed by atoms with E-state index >= 15 is 0 Å². The van der Waals surface area contributed by atoms with Gasteiger partial charge < -0.3 is 15.4 Å². The van der Waals surface area contributed by atoms with Crippen LogP contribution in [0.3, 0.4) is 0 Å². The predicted molar refractivity (Wildman–Crippen MR) is 77.3 cm³/mol. The summed E-state index contributed by atoms with van der Waals surface area (Å²) in [6.45, 7) is 3.20. The molecule has 3 heteroatoms. The van der Waals surface area contributed by atoms with Crippen LogP contribution in [-0.4, -0.2) is 19.7 Å². The summed E-state index contributed by atoms with van der Waals surface area (Å²) in [4.78, 5) is 2.44. The lowest BCUT2D eigenvalue weighted by atomic mass is 9.93. The highest BCUT2D eigenvalue weighted by molar-refractivity contribution is 5.74. The van der Waals surface area contributed by atoms with Crippen LogP contribution in [0.4, 0.5) is 11.4 Å². The highest BCUT2D eigenvalue weighted by atomic mass is 16.5. The minimum atomic E-state index is 0.637. The Bertz CT molecular complexity index is 386. The lowest BCUT2D eigenvalue weighted by molar-refractivity contribution is 0.411. The van der Waals surface area contributed by atoms with Gasteiger partial charge in [0.15, 0.2) is 0 Å². The predicted octanol–water partition coefficient (Wildman–Crippen LogP) is 3.44. The molecule has 18 heavy (non-hydrogen) atoms. The van der Waals surface area contributed by atoms with Gasteiger partial charge >= 0.3 is 0 Å². The van der Waals surface area contributed by atoms with E-state index in [4.69, 9.17) is 10.5 Å². The van der Waals surface area contributed by atoms with Crippen molar-refractivity contribution < 1.29 is 4.74 Å². The summed E-state index contributed by atoms with van der Waals surface area (Å²) in [6, 6.07) is 6.69. The molecule has 0 aliphatic heterocycles. The molecule has 2 N–H and O–H groups in total. The fourth-order valence-corrected chi connectivity index (χ4v) is 2.98. The summed E-state index contributed by atoms with van der Waals surface area (Å²) in [6.07, 6.45) is 6.62. The van der Waals surface area contributed by atoms with E-state index in [1.54, 1.807) is 7.11 Å². The second-order valence-corrected chi connectivity index (χ2v) is 4.97. The zero-order valence-electron chi connectivity index (χ0n) is 11.5. The van der Waals surface area contributed by atoms with Gasteiger partial charge in [0.2, 0.25) is 0 Å². The van der Waals surface area contributed by atoms with Crippen molar-refractivity contribution in [3.63, 3.8) is 0 Å². The molecule has 100 valence electrons. The van der Waals surface area contributed by atoms with E-state index in [0.29, 0.717) is 6.04 Å². The molecule has 3 nitrogen and oxygen atoms in total. The van der Waals surface area contributed by atoms with Crippen molar-refractivity contribution >= 4 is 11.4 Å². The minimum absolute atomic E-state index is 0.637. The molecule has 0 saturated heterocycles. The van der Waals surface area contributed by atoms with Crippen molar-refractivity contribution in [2.75, 3.05) is 24.3 Å². The zero-order chi connectivity index (χ0) is 13.0. The average Bonchev–Trinajstić information content (AvgIpc) is 2.43. The van der Waals surface area contributed by atoms with Crippen LogP contribution in [-0.2, 0) is 0 Å². The molecule has 1 aliphatic carbocycles. The van der Waals surface area contributed by atoms with Crippen molar-refractivity contribution in [3.8, 4) is 5.75 Å². The van der Waals surface area contributed by atoms with Gasteiger partial charge in [-0.2, -0.15) is 0 Å². The minimum Gasteiger partial charge on any atom is -0.495 e. The zero-order valence-corrected chi connectivity index (χ0v) is 11.5. The number of anilines is 2. The number of hydrogen-bond acceptors (Lipinski definition) is 3. The summed E-state index contributed by atoms with van der Waals surface area (Å²) in [5.74, 6) is 0.779. The Labute approximate surface area is 110 Å². The summed E-state index contributed by atoms with van der Waals surface area (Å²) in [5, 5.41) is 0. The summed E-state index contributed by atoms with van der Waals surface area (Å²) >= 11 is 0. The maximum atomic E-state index is 6.21. The van der Waals surface area contributed by atoms with Gasteiger partial charge in [0.25, 0.3) is 0 Å². The number of para-hydroxylation sites is 1. The van der Waals surface area contributed by atoms with Crippen LogP contribution in [0.2, 0.25) is 0 Å². The Morgan fingerprint density at radius 1 is 1.28 bits per heavy atom. The molecule has 0 aromatic heterocycles. The average molecular weight is 248 g/mol. The third-order valence-corrected chi connectivity index (χ3v) is 3.93. The van der Waals surface area contributed by atoms with Crippen molar-refractivity contribution in [1.82, 2.24) is 0 Å². The Hall–Kier alpha value is -1.38. The number of hydrogen-bond donors (Lipinski definition) is 1. The molecular formula is C15H24N2O. The molecule has 1 saturated carbocycles. The van der Waals surface area contributed by atoms with Crippen LogP contribution in [0.1, 0.15) is 39.0 Å². The number of nitrogen functional groups attached to an aromatic ring is 1. The largest absolute Gasteiger partial charge is 0.495 e. The monoisotopic (exact) mass is 248 g/mol. The molecule has 0 amide bonds. The van der Waals surface area contributed by atoms with Crippen LogP contribution in [0.25, 0.3) is 0 Å². The number of ether oxygens (including phenoxy) is 1. The van der Waals surface area contributed by atoms with Crippen LogP contribution in [0, 0.1) is 0 Å². The van der Waals surface area contributed by atoms with Crippen molar-refractivity contribution in [2.24, 2.45) is 0 Å². The quantitative estimate of drug-likeness (QED) is 0.830. The van der Waals surface area contributed by atoms with Gasteiger partial charge in [-0.25, -0.2) is 0 Å². The van der Waals surface area contributed by atoms with Gasteiger partial charge in [0.05, 0.1) is 18.5 Å². The van der Waals surface area contributed by atoms with E-state index in [0.717, 1.165) is 23.7 Å². The highest BCUT2D eigenvalue weighted by Gasteiger charge is 2.22. The fraction of sp³-hybridized carbons (Fsp3) is 0.600. The highest BCUT2D eigenvalue weighted by Crippen LogP contribution is 2.35. The molecule has 0 atom stereocenters. The van der Waals surface area contributed by atoms with Crippen molar-refractivity contribution in [1.29, 1.82) is 0 Å². The van der Waals surface area contributed by atoms with Crippen LogP contribution >= 0.6 is 0 Å². The molecule has 1 aliphatic rings. The number of benzene rings is 1. The molecule has 1 fully saturated rings. The SMILES string of the molecule is CCN(c1cccc(OC)c1N)C1CCCCC1. The summed E-state index contributed by atoms with van der Waals surface area (Å²) < 4.78 is 5.32. The Kier molecular flexibility index (Phi) is 4.34. The summed E-state index contributed by atoms with van der Waals surface area (Å²) in [5.41, 5.74) is 8.11. The molecule has 0 unspecified atom stereocenters. The van der Waals surface area contributed by atoms with Gasteiger partial charge in [-0.3, -0.25) is 0 Å². The van der Waals surface area contributed by atoms with E-state index in [1.165, 1.54) is 32.1 Å². The second kappa shape index (κ2) is 5.98. The first kappa shape index (κ1) is 13.1. The standard InChI is InChI=1S/C15H24N2O/c1-3-17(12-8-5-4-6-9-12)13-10-7-11-14(18-2)15(13)16/h7,10-12H,3-6,8-9,16H2,1-2H3. The van der Waals surface area contributed by atoms with E-state index in [9.17, 15) is 0 Å². The molecule has 0 heterocycles. The van der Waals surface area contributed by atoms with E-state index in [2.05, 4.69) is 17.9 Å². The topological polar surface area (TPSA) is 38.5 Å². The third kappa shape index (κ3) is 2.55. The Morgan fingerprint density at radius 2 is 2.00 bits per heavy atom. The smallest absolute Gasteiger partial charge is 0.143 e. The van der Waals surface area contributed by atoms with Gasteiger partial charge in [0.1, 0.15) is 5.75 Å². The molecule has 0 bridgehead atoms. The lowest BCUT2D eigenvalue weighted by Gasteiger charge is -2.36. The first-order chi connectivity index (χ1) is 8.77. The van der Waals surface area contributed by atoms with E-state index in [1.807, 2.05) is 12.1 Å². The summed E-state index contributed by atoms with van der Waals surface area (Å²) in [7, 11) is 1.67. The van der Waals surface area contributed by atoms with Gasteiger partial charge in [0, 0.05) is 12.6 Å². The number of methoxy groups -OCH3 is 1. The van der Waals surface area contributed by atoms with Crippen molar-refractivity contribution in [3.05, 3.63) is 18.2 Å². The number of nitrogens with two attached hydrogens (primary N) is 1. The molecule has 0 spiro atoms. The van der Waals surface area contributed by atoms with Gasteiger partial charge in [-0.1, -0.05) is 25.3 Å². The molecule has 0 radical (unpaired) electrons. The molecule has 2 rings (SSSR count). The van der Waals surface area contributed by atoms with E-state index in [-0.39, 0.29) is 0 Å². The lowest BCUT2D eigenvalue weighted by Crippen LogP contribution is -2.37. The fourth-order valence-electron chi connectivity index (χ4n) is 2.98. The normalized spacial score (nSPS) is 16.6. The first-order valence-electron chi connectivity index (χ1n) is 6.97. The first-order valence-corrected chi connectivity index (χ1v) is 6.97. The van der Waals surface area contributed by atoms with Crippen molar-refractivity contribution in [2.45, 2.75) is 45.1 Å². The van der Waals surface area contributed by atoms with Crippen LogP contribution in [0.5, 0.6) is 5.75 Å². The Balaban J connectivity index is 2.26. The van der Waals surface area contributed by atoms with Crippen LogP contribution < -0.4 is 15.4 Å². The molecular weight excluding hydrogens is 224 g/mol. The number of rotatable bonds is 4. The molecule has 1 aromatic carbocycles. The Morgan fingerprint density at radius 3 is 2.61 bits per heavy atom. The van der Waals surface area contributed by atoms with Gasteiger partial charge in [-0.15, -0.1) is 0 Å². The van der Waals surface area contributed by atoms with Gasteiger partial charge in [-0.05, 0) is 31.9 Å². The maximum Gasteiger partial charge on any atom is 0.143 e. The van der Waals surface area contributed by atoms with Crippen LogP contribution in [0.15, 0.2) is 18.2 Å². The van der Waals surface area contributed by atoms with E-state index < -0.39 is 0 Å². The third-order valence-electron chi connectivity index (χ3n) is 3.93. The second-order valence-electron chi connectivity index (χ2n) is 4.97. The molecule has 1 aromatic rings. The number of nitrogens with zero attached hydrogens (tertiary/aromatic N) is 1.